The maximum Gasteiger partial charge on any atom is 0.208 e. The first-order valence-electron chi connectivity index (χ1n) is 8.75. The van der Waals surface area contributed by atoms with E-state index in [1.807, 2.05) is 28.8 Å². The Kier molecular flexibility index (Phi) is 4.49. The molecule has 4 aromatic rings. The average molecular weight is 375 g/mol. The van der Waals surface area contributed by atoms with E-state index in [2.05, 4.69) is 20.6 Å². The van der Waals surface area contributed by atoms with Crippen LogP contribution in [0.4, 0.5) is 21.8 Å². The van der Waals surface area contributed by atoms with Crippen LogP contribution in [0, 0.1) is 5.82 Å². The second-order valence-corrected chi connectivity index (χ2v) is 6.32. The topological polar surface area (TPSA) is 71.8 Å². The molecular weight excluding hydrogens is 357 g/mol. The number of Topliss-reactive ketones (excluding diaryl/α,β-unsaturated/α-hetero) is 1. The molecule has 0 saturated carbocycles. The number of nitrogens with one attached hydrogen (secondary N) is 2. The summed E-state index contributed by atoms with van der Waals surface area (Å²) in [5, 5.41) is 6.25. The van der Waals surface area contributed by atoms with Crippen molar-refractivity contribution in [3.8, 4) is 5.69 Å². The lowest BCUT2D eigenvalue weighted by Crippen LogP contribution is -2.02. The maximum absolute atomic E-state index is 13.8. The van der Waals surface area contributed by atoms with Crippen molar-refractivity contribution in [3.63, 3.8) is 0 Å². The third-order valence-corrected chi connectivity index (χ3v) is 4.37. The van der Waals surface area contributed by atoms with Crippen LogP contribution in [-0.2, 0) is 0 Å². The fraction of sp³-hybridized carbons (Fsp3) is 0.0952. The Morgan fingerprint density at radius 1 is 1.11 bits per heavy atom. The van der Waals surface area contributed by atoms with Crippen LogP contribution in [-0.4, -0.2) is 27.4 Å². The number of hydrogen-bond acceptors (Lipinski definition) is 5. The van der Waals surface area contributed by atoms with Gasteiger partial charge in [0.25, 0.3) is 0 Å². The number of hydrogen-bond donors (Lipinski definition) is 2. The van der Waals surface area contributed by atoms with Gasteiger partial charge in [0.15, 0.2) is 5.78 Å². The molecule has 2 aromatic heterocycles. The zero-order chi connectivity index (χ0) is 19.7. The summed E-state index contributed by atoms with van der Waals surface area (Å²) in [6, 6.07) is 15.4. The van der Waals surface area contributed by atoms with Crippen LogP contribution in [0.25, 0.3) is 16.7 Å². The zero-order valence-electron chi connectivity index (χ0n) is 15.4. The summed E-state index contributed by atoms with van der Waals surface area (Å²) in [6.45, 7) is 1.53. The highest BCUT2D eigenvalue weighted by atomic mass is 19.1. The fourth-order valence-electron chi connectivity index (χ4n) is 3.06. The Morgan fingerprint density at radius 3 is 2.68 bits per heavy atom. The number of fused-ring (bicyclic) bond motifs is 1. The maximum atomic E-state index is 13.8. The first-order chi connectivity index (χ1) is 13.5. The molecule has 0 unspecified atom stereocenters. The Hall–Kier alpha value is -3.74. The second-order valence-electron chi connectivity index (χ2n) is 6.32. The number of carbonyl (C=O) groups excluding carboxylic acids is 1. The highest BCUT2D eigenvalue weighted by Crippen LogP contribution is 2.27. The molecule has 28 heavy (non-hydrogen) atoms. The van der Waals surface area contributed by atoms with Gasteiger partial charge in [0.1, 0.15) is 17.2 Å². The monoisotopic (exact) mass is 375 g/mol. The SMILES string of the molecule is CNc1nc2cnc(Nc3cccc(C(C)=O)c3)cc2n1-c1cccc(F)c1. The van der Waals surface area contributed by atoms with Crippen LogP contribution in [0.15, 0.2) is 60.8 Å². The number of benzene rings is 2. The zero-order valence-corrected chi connectivity index (χ0v) is 15.4. The van der Waals surface area contributed by atoms with E-state index in [9.17, 15) is 9.18 Å². The van der Waals surface area contributed by atoms with Crippen molar-refractivity contribution >= 4 is 34.3 Å². The molecule has 0 aliphatic heterocycles. The molecule has 2 aromatic carbocycles. The van der Waals surface area contributed by atoms with Gasteiger partial charge in [0.05, 0.1) is 17.4 Å². The Labute approximate surface area is 161 Å². The van der Waals surface area contributed by atoms with Gasteiger partial charge >= 0.3 is 0 Å². The molecule has 4 rings (SSSR count). The van der Waals surface area contributed by atoms with Crippen molar-refractivity contribution in [1.29, 1.82) is 0 Å². The summed E-state index contributed by atoms with van der Waals surface area (Å²) < 4.78 is 15.6. The van der Waals surface area contributed by atoms with E-state index >= 15 is 0 Å². The molecule has 0 fully saturated rings. The molecule has 0 aliphatic carbocycles. The quantitative estimate of drug-likeness (QED) is 0.501. The molecule has 2 N–H and O–H groups in total. The van der Waals surface area contributed by atoms with Gasteiger partial charge in [-0.2, -0.15) is 0 Å². The van der Waals surface area contributed by atoms with Gasteiger partial charge < -0.3 is 10.6 Å². The van der Waals surface area contributed by atoms with Crippen molar-refractivity contribution in [2.75, 3.05) is 17.7 Å². The number of nitrogens with zero attached hydrogens (tertiary/aromatic N) is 3. The van der Waals surface area contributed by atoms with Gasteiger partial charge in [-0.15, -0.1) is 0 Å². The highest BCUT2D eigenvalue weighted by Gasteiger charge is 2.13. The average Bonchev–Trinajstić information content (AvgIpc) is 3.06. The number of anilines is 3. The molecule has 0 amide bonds. The summed E-state index contributed by atoms with van der Waals surface area (Å²) in [4.78, 5) is 20.5. The van der Waals surface area contributed by atoms with Crippen molar-refractivity contribution < 1.29 is 9.18 Å². The Morgan fingerprint density at radius 2 is 1.93 bits per heavy atom. The number of ketones is 1. The molecule has 0 aliphatic rings. The minimum absolute atomic E-state index is 0.00472. The van der Waals surface area contributed by atoms with Crippen LogP contribution in [0.1, 0.15) is 17.3 Å². The number of carbonyl (C=O) groups is 1. The van der Waals surface area contributed by atoms with Crippen LogP contribution >= 0.6 is 0 Å². The van der Waals surface area contributed by atoms with Crippen molar-refractivity contribution in [3.05, 3.63) is 72.2 Å². The number of halogens is 1. The third kappa shape index (κ3) is 3.29. The van der Waals surface area contributed by atoms with Gasteiger partial charge in [-0.25, -0.2) is 14.4 Å². The number of aromatic nitrogens is 3. The highest BCUT2D eigenvalue weighted by molar-refractivity contribution is 5.95. The molecule has 6 nitrogen and oxygen atoms in total. The molecule has 140 valence electrons. The lowest BCUT2D eigenvalue weighted by Gasteiger charge is -2.10. The minimum Gasteiger partial charge on any atom is -0.358 e. The van der Waals surface area contributed by atoms with Crippen molar-refractivity contribution in [2.45, 2.75) is 6.92 Å². The number of pyridine rings is 1. The van der Waals surface area contributed by atoms with Gasteiger partial charge in [-0.3, -0.25) is 9.36 Å². The van der Waals surface area contributed by atoms with E-state index < -0.39 is 0 Å². The smallest absolute Gasteiger partial charge is 0.208 e. The lowest BCUT2D eigenvalue weighted by molar-refractivity contribution is 0.101. The second kappa shape index (κ2) is 7.11. The minimum atomic E-state index is -0.324. The van der Waals surface area contributed by atoms with Crippen LogP contribution < -0.4 is 10.6 Å². The molecular formula is C21H18FN5O. The summed E-state index contributed by atoms with van der Waals surface area (Å²) in [7, 11) is 1.76. The Bertz CT molecular complexity index is 1180. The van der Waals surface area contributed by atoms with E-state index in [0.717, 1.165) is 11.2 Å². The predicted octanol–water partition coefficient (Wildman–Crippen LogP) is 4.55. The normalized spacial score (nSPS) is 10.8. The Balaban J connectivity index is 1.79. The number of imidazole rings is 1. The summed E-state index contributed by atoms with van der Waals surface area (Å²) in [6.07, 6.45) is 1.66. The van der Waals surface area contributed by atoms with E-state index in [1.54, 1.807) is 31.4 Å². The summed E-state index contributed by atoms with van der Waals surface area (Å²) in [5.74, 6) is 0.844. The predicted molar refractivity (Wildman–Crippen MR) is 108 cm³/mol. The van der Waals surface area contributed by atoms with E-state index in [0.29, 0.717) is 28.5 Å². The molecule has 0 atom stereocenters. The third-order valence-electron chi connectivity index (χ3n) is 4.37. The first kappa shape index (κ1) is 17.7. The largest absolute Gasteiger partial charge is 0.358 e. The fourth-order valence-corrected chi connectivity index (χ4v) is 3.06. The van der Waals surface area contributed by atoms with Crippen LogP contribution in [0.3, 0.4) is 0 Å². The van der Waals surface area contributed by atoms with Gasteiger partial charge in [-0.05, 0) is 37.3 Å². The molecule has 0 saturated heterocycles. The summed E-state index contributed by atoms with van der Waals surface area (Å²) in [5.41, 5.74) is 3.48. The molecule has 2 heterocycles. The van der Waals surface area contributed by atoms with Gasteiger partial charge in [-0.1, -0.05) is 18.2 Å². The number of rotatable bonds is 5. The van der Waals surface area contributed by atoms with Crippen molar-refractivity contribution in [1.82, 2.24) is 14.5 Å². The van der Waals surface area contributed by atoms with E-state index in [-0.39, 0.29) is 11.6 Å². The lowest BCUT2D eigenvalue weighted by atomic mass is 10.1. The summed E-state index contributed by atoms with van der Waals surface area (Å²) >= 11 is 0. The molecule has 0 bridgehead atoms. The molecule has 0 spiro atoms. The van der Waals surface area contributed by atoms with Gasteiger partial charge in [0, 0.05) is 24.4 Å². The van der Waals surface area contributed by atoms with Crippen molar-refractivity contribution in [2.24, 2.45) is 0 Å². The first-order valence-corrected chi connectivity index (χ1v) is 8.75. The standard InChI is InChI=1S/C21H18FN5O/c1-13(28)14-5-3-7-16(9-14)25-20-11-19-18(12-24-20)26-21(23-2)27(19)17-8-4-6-15(22)10-17/h3-12H,1-2H3,(H,23,26)(H,24,25). The van der Waals surface area contributed by atoms with Crippen LogP contribution in [0.2, 0.25) is 0 Å². The van der Waals surface area contributed by atoms with E-state index in [4.69, 9.17) is 0 Å². The van der Waals surface area contributed by atoms with Gasteiger partial charge in [0.2, 0.25) is 5.95 Å². The molecule has 0 radical (unpaired) electrons. The van der Waals surface area contributed by atoms with E-state index in [1.165, 1.54) is 19.1 Å². The molecule has 7 heteroatoms. The van der Waals surface area contributed by atoms with Crippen LogP contribution in [0.5, 0.6) is 0 Å².